The smallest absolute Gasteiger partial charge is 0.265 e. The lowest BCUT2D eigenvalue weighted by molar-refractivity contribution is -0.122. The molecule has 0 aliphatic rings. The van der Waals surface area contributed by atoms with E-state index in [1.54, 1.807) is 38.5 Å². The van der Waals surface area contributed by atoms with Crippen molar-refractivity contribution in [1.29, 1.82) is 0 Å². The van der Waals surface area contributed by atoms with Gasteiger partial charge in [0.1, 0.15) is 5.75 Å². The highest BCUT2D eigenvalue weighted by Crippen LogP contribution is 2.27. The first-order valence-corrected chi connectivity index (χ1v) is 11.6. The maximum atomic E-state index is 12.9. The number of nitrogens with one attached hydrogen (secondary N) is 2. The normalized spacial score (nSPS) is 11.3. The summed E-state index contributed by atoms with van der Waals surface area (Å²) in [6.07, 6.45) is 0.418. The van der Waals surface area contributed by atoms with E-state index < -0.39 is 6.10 Å². The minimum Gasteiger partial charge on any atom is -0.493 e. The predicted octanol–water partition coefficient (Wildman–Crippen LogP) is 4.78. The van der Waals surface area contributed by atoms with Gasteiger partial charge in [-0.05, 0) is 61.7 Å². The van der Waals surface area contributed by atoms with Crippen molar-refractivity contribution < 1.29 is 23.8 Å². The van der Waals surface area contributed by atoms with Gasteiger partial charge in [-0.25, -0.2) is 0 Å². The highest BCUT2D eigenvalue weighted by atomic mass is 16.5. The van der Waals surface area contributed by atoms with Crippen LogP contribution in [0.25, 0.3) is 0 Å². The number of hydrogen-bond donors (Lipinski definition) is 2. The number of benzene rings is 3. The summed E-state index contributed by atoms with van der Waals surface area (Å²) in [6.45, 7) is 4.29. The summed E-state index contributed by atoms with van der Waals surface area (Å²) in [5.41, 5.74) is 2.94. The predicted molar refractivity (Wildman–Crippen MR) is 137 cm³/mol. The SMILES string of the molecule is CC[C@H](Oc1ccc(C)cc1)C(=O)Nc1ccccc1C(=O)NCCc1ccc(OC)c(OC)c1. The molecule has 0 aliphatic carbocycles. The minimum atomic E-state index is -0.682. The average Bonchev–Trinajstić information content (AvgIpc) is 2.88. The minimum absolute atomic E-state index is 0.270. The lowest BCUT2D eigenvalue weighted by atomic mass is 10.1. The molecule has 7 heteroatoms. The monoisotopic (exact) mass is 476 g/mol. The summed E-state index contributed by atoms with van der Waals surface area (Å²) < 4.78 is 16.5. The molecule has 0 unspecified atom stereocenters. The van der Waals surface area contributed by atoms with Crippen LogP contribution in [-0.2, 0) is 11.2 Å². The summed E-state index contributed by atoms with van der Waals surface area (Å²) >= 11 is 0. The molecule has 0 spiro atoms. The molecule has 1 atom stereocenters. The van der Waals surface area contributed by atoms with Gasteiger partial charge in [-0.2, -0.15) is 0 Å². The Labute approximate surface area is 206 Å². The Morgan fingerprint density at radius 2 is 1.63 bits per heavy atom. The Morgan fingerprint density at radius 1 is 0.914 bits per heavy atom. The van der Waals surface area contributed by atoms with Crippen molar-refractivity contribution in [2.45, 2.75) is 32.8 Å². The van der Waals surface area contributed by atoms with Crippen molar-refractivity contribution in [2.24, 2.45) is 0 Å². The third-order valence-corrected chi connectivity index (χ3v) is 5.54. The van der Waals surface area contributed by atoms with Gasteiger partial charge >= 0.3 is 0 Å². The molecule has 3 aromatic carbocycles. The molecule has 35 heavy (non-hydrogen) atoms. The van der Waals surface area contributed by atoms with Gasteiger partial charge in [-0.3, -0.25) is 9.59 Å². The molecule has 0 radical (unpaired) electrons. The lowest BCUT2D eigenvalue weighted by Crippen LogP contribution is -2.33. The molecule has 3 rings (SSSR count). The Morgan fingerprint density at radius 3 is 2.31 bits per heavy atom. The molecule has 0 saturated heterocycles. The summed E-state index contributed by atoms with van der Waals surface area (Å²) in [5, 5.41) is 5.78. The first-order valence-electron chi connectivity index (χ1n) is 11.6. The van der Waals surface area contributed by atoms with Crippen LogP contribution in [0.2, 0.25) is 0 Å². The molecular formula is C28H32N2O5. The van der Waals surface area contributed by atoms with E-state index in [1.165, 1.54) is 0 Å². The van der Waals surface area contributed by atoms with Crippen LogP contribution in [0.1, 0.15) is 34.8 Å². The second-order valence-corrected chi connectivity index (χ2v) is 8.06. The number of aryl methyl sites for hydroxylation is 1. The highest BCUT2D eigenvalue weighted by Gasteiger charge is 2.21. The highest BCUT2D eigenvalue weighted by molar-refractivity contribution is 6.04. The molecule has 0 aromatic heterocycles. The number of ether oxygens (including phenoxy) is 3. The summed E-state index contributed by atoms with van der Waals surface area (Å²) in [6, 6.07) is 20.1. The van der Waals surface area contributed by atoms with E-state index in [1.807, 2.05) is 56.3 Å². The fraction of sp³-hybridized carbons (Fsp3) is 0.286. The standard InChI is InChI=1S/C28H32N2O5/c1-5-24(35-21-13-10-19(2)11-14-21)28(32)30-23-9-7-6-8-22(23)27(31)29-17-16-20-12-15-25(33-3)26(18-20)34-4/h6-15,18,24H,5,16-17H2,1-4H3,(H,29,31)(H,30,32)/t24-/m0/s1. The van der Waals surface area contributed by atoms with E-state index in [9.17, 15) is 9.59 Å². The molecule has 0 aliphatic heterocycles. The number of carbonyl (C=O) groups is 2. The Kier molecular flexibility index (Phi) is 9.12. The van der Waals surface area contributed by atoms with Gasteiger partial charge in [-0.15, -0.1) is 0 Å². The van der Waals surface area contributed by atoms with Crippen molar-refractivity contribution in [3.8, 4) is 17.2 Å². The van der Waals surface area contributed by atoms with Gasteiger partial charge in [0.25, 0.3) is 11.8 Å². The van der Waals surface area contributed by atoms with Crippen molar-refractivity contribution in [3.05, 3.63) is 83.4 Å². The number of para-hydroxylation sites is 1. The summed E-state index contributed by atoms with van der Waals surface area (Å²) in [7, 11) is 3.18. The third kappa shape index (κ3) is 6.99. The van der Waals surface area contributed by atoms with Crippen LogP contribution in [0.3, 0.4) is 0 Å². The van der Waals surface area contributed by atoms with Crippen molar-refractivity contribution in [1.82, 2.24) is 5.32 Å². The van der Waals surface area contributed by atoms with Gasteiger partial charge in [-0.1, -0.05) is 42.8 Å². The van der Waals surface area contributed by atoms with E-state index in [-0.39, 0.29) is 11.8 Å². The summed E-state index contributed by atoms with van der Waals surface area (Å²) in [5.74, 6) is 1.34. The number of hydrogen-bond acceptors (Lipinski definition) is 5. The first-order chi connectivity index (χ1) is 16.9. The molecule has 0 heterocycles. The zero-order valence-corrected chi connectivity index (χ0v) is 20.6. The lowest BCUT2D eigenvalue weighted by Gasteiger charge is -2.18. The Balaban J connectivity index is 1.61. The second-order valence-electron chi connectivity index (χ2n) is 8.06. The number of amides is 2. The van der Waals surface area contributed by atoms with Crippen molar-refractivity contribution >= 4 is 17.5 Å². The largest absolute Gasteiger partial charge is 0.493 e. The summed E-state index contributed by atoms with van der Waals surface area (Å²) in [4.78, 5) is 25.8. The van der Waals surface area contributed by atoms with E-state index in [2.05, 4.69) is 10.6 Å². The van der Waals surface area contributed by atoms with Gasteiger partial charge in [0.2, 0.25) is 0 Å². The Hall–Kier alpha value is -4.00. The molecule has 0 saturated carbocycles. The third-order valence-electron chi connectivity index (χ3n) is 5.54. The van der Waals surface area contributed by atoms with Gasteiger partial charge < -0.3 is 24.8 Å². The number of methoxy groups -OCH3 is 2. The first kappa shape index (κ1) is 25.6. The van der Waals surface area contributed by atoms with E-state index in [4.69, 9.17) is 14.2 Å². The second kappa shape index (κ2) is 12.5. The maximum Gasteiger partial charge on any atom is 0.265 e. The van der Waals surface area contributed by atoms with Crippen LogP contribution in [0.5, 0.6) is 17.2 Å². The van der Waals surface area contributed by atoms with Crippen LogP contribution in [0.15, 0.2) is 66.7 Å². The van der Waals surface area contributed by atoms with Crippen LogP contribution in [-0.4, -0.2) is 38.7 Å². The number of carbonyl (C=O) groups excluding carboxylic acids is 2. The fourth-order valence-corrected chi connectivity index (χ4v) is 3.56. The van der Waals surface area contributed by atoms with Crippen LogP contribution in [0.4, 0.5) is 5.69 Å². The van der Waals surface area contributed by atoms with Crippen LogP contribution in [0, 0.1) is 6.92 Å². The average molecular weight is 477 g/mol. The van der Waals surface area contributed by atoms with Crippen LogP contribution >= 0.6 is 0 Å². The van der Waals surface area contributed by atoms with E-state index >= 15 is 0 Å². The molecule has 0 fully saturated rings. The molecular weight excluding hydrogens is 444 g/mol. The number of rotatable bonds is 11. The topological polar surface area (TPSA) is 85.9 Å². The molecule has 0 bridgehead atoms. The molecule has 2 amide bonds. The maximum absolute atomic E-state index is 12.9. The molecule has 184 valence electrons. The zero-order chi connectivity index (χ0) is 25.2. The van der Waals surface area contributed by atoms with Gasteiger partial charge in [0, 0.05) is 6.54 Å². The Bertz CT molecular complexity index is 1140. The van der Waals surface area contributed by atoms with Crippen LogP contribution < -0.4 is 24.8 Å². The zero-order valence-electron chi connectivity index (χ0n) is 20.6. The van der Waals surface area contributed by atoms with E-state index in [0.29, 0.717) is 47.9 Å². The fourth-order valence-electron chi connectivity index (χ4n) is 3.56. The van der Waals surface area contributed by atoms with Gasteiger partial charge in [0.05, 0.1) is 25.5 Å². The van der Waals surface area contributed by atoms with Crippen molar-refractivity contribution in [3.63, 3.8) is 0 Å². The van der Waals surface area contributed by atoms with Crippen molar-refractivity contribution in [2.75, 3.05) is 26.1 Å². The van der Waals surface area contributed by atoms with Gasteiger partial charge in [0.15, 0.2) is 17.6 Å². The molecule has 3 aromatic rings. The number of anilines is 1. The van der Waals surface area contributed by atoms with E-state index in [0.717, 1.165) is 11.1 Å². The quantitative estimate of drug-likeness (QED) is 0.416. The molecule has 2 N–H and O–H groups in total. The molecule has 7 nitrogen and oxygen atoms in total.